The number of amides is 1. The van der Waals surface area contributed by atoms with E-state index in [1.54, 1.807) is 0 Å². The number of carbonyl (C=O) groups is 1. The van der Waals surface area contributed by atoms with Crippen molar-refractivity contribution in [3.63, 3.8) is 0 Å². The lowest BCUT2D eigenvalue weighted by atomic mass is 10.0. The summed E-state index contributed by atoms with van der Waals surface area (Å²) in [5, 5.41) is 4.10. The Kier molecular flexibility index (Phi) is 6.03. The van der Waals surface area contributed by atoms with Crippen LogP contribution in [-0.2, 0) is 11.2 Å². The van der Waals surface area contributed by atoms with Crippen LogP contribution in [0.1, 0.15) is 50.1 Å². The Morgan fingerprint density at radius 1 is 1.07 bits per heavy atom. The van der Waals surface area contributed by atoms with Crippen molar-refractivity contribution in [1.29, 1.82) is 0 Å². The van der Waals surface area contributed by atoms with Gasteiger partial charge in [0, 0.05) is 24.4 Å². The van der Waals surface area contributed by atoms with E-state index in [1.807, 2.05) is 53.4 Å². The lowest BCUT2D eigenvalue weighted by Crippen LogP contribution is -2.38. The van der Waals surface area contributed by atoms with Gasteiger partial charge in [0.05, 0.1) is 6.04 Å². The number of hydrogen-bond donors (Lipinski definition) is 0. The second kappa shape index (κ2) is 9.03. The van der Waals surface area contributed by atoms with E-state index >= 15 is 0 Å². The monoisotopic (exact) mass is 389 g/mol. The summed E-state index contributed by atoms with van der Waals surface area (Å²) in [6.45, 7) is 2.67. The molecule has 0 bridgehead atoms. The summed E-state index contributed by atoms with van der Waals surface area (Å²) in [4.78, 5) is 19.8. The van der Waals surface area contributed by atoms with E-state index in [0.29, 0.717) is 24.7 Å². The molecule has 1 amide bonds. The average molecular weight is 389 g/mol. The molecule has 5 heteroatoms. The zero-order valence-corrected chi connectivity index (χ0v) is 16.8. The van der Waals surface area contributed by atoms with Crippen LogP contribution in [0.3, 0.4) is 0 Å². The molecule has 0 saturated heterocycles. The molecule has 1 fully saturated rings. The molecule has 1 aromatic heterocycles. The van der Waals surface area contributed by atoms with E-state index in [4.69, 9.17) is 4.52 Å². The van der Waals surface area contributed by atoms with Crippen LogP contribution in [-0.4, -0.2) is 27.5 Å². The second-order valence-corrected chi connectivity index (χ2v) is 7.73. The van der Waals surface area contributed by atoms with Gasteiger partial charge in [-0.2, -0.15) is 4.98 Å². The van der Waals surface area contributed by atoms with Crippen LogP contribution in [0.25, 0.3) is 11.4 Å². The highest BCUT2D eigenvalue weighted by atomic mass is 16.5. The molecule has 1 aliphatic rings. The highest BCUT2D eigenvalue weighted by Crippen LogP contribution is 2.30. The zero-order chi connectivity index (χ0) is 20.1. The van der Waals surface area contributed by atoms with E-state index in [1.165, 1.54) is 0 Å². The van der Waals surface area contributed by atoms with Gasteiger partial charge in [0.2, 0.25) is 17.6 Å². The maximum Gasteiger partial charge on any atom is 0.228 e. The minimum Gasteiger partial charge on any atom is -0.339 e. The third kappa shape index (κ3) is 4.56. The van der Waals surface area contributed by atoms with Crippen molar-refractivity contribution in [3.8, 4) is 11.4 Å². The third-order valence-electron chi connectivity index (χ3n) is 5.80. The van der Waals surface area contributed by atoms with Gasteiger partial charge in [-0.3, -0.25) is 4.79 Å². The summed E-state index contributed by atoms with van der Waals surface area (Å²) in [6, 6.07) is 20.0. The first kappa shape index (κ1) is 19.4. The first-order chi connectivity index (χ1) is 14.2. The maximum absolute atomic E-state index is 13.3. The van der Waals surface area contributed by atoms with Gasteiger partial charge in [-0.15, -0.1) is 0 Å². The fourth-order valence-corrected chi connectivity index (χ4v) is 4.09. The molecule has 0 spiro atoms. The van der Waals surface area contributed by atoms with Gasteiger partial charge in [-0.05, 0) is 25.3 Å². The summed E-state index contributed by atoms with van der Waals surface area (Å²) in [6.07, 6.45) is 4.84. The van der Waals surface area contributed by atoms with Crippen molar-refractivity contribution in [2.45, 2.75) is 45.1 Å². The van der Waals surface area contributed by atoms with Crippen LogP contribution in [0.4, 0.5) is 0 Å². The van der Waals surface area contributed by atoms with Crippen molar-refractivity contribution in [1.82, 2.24) is 15.0 Å². The Labute approximate surface area is 171 Å². The summed E-state index contributed by atoms with van der Waals surface area (Å²) in [5.74, 6) is 1.55. The number of nitrogens with zero attached hydrogens (tertiary/aromatic N) is 3. The van der Waals surface area contributed by atoms with Crippen molar-refractivity contribution in [2.75, 3.05) is 6.54 Å². The van der Waals surface area contributed by atoms with Crippen molar-refractivity contribution >= 4 is 5.91 Å². The first-order valence-electron chi connectivity index (χ1n) is 10.5. The molecule has 1 saturated carbocycles. The van der Waals surface area contributed by atoms with Crippen molar-refractivity contribution in [2.24, 2.45) is 5.92 Å². The van der Waals surface area contributed by atoms with E-state index in [9.17, 15) is 4.79 Å². The second-order valence-electron chi connectivity index (χ2n) is 7.73. The molecule has 150 valence electrons. The molecule has 3 aromatic rings. The lowest BCUT2D eigenvalue weighted by molar-refractivity contribution is -0.137. The molecule has 0 radical (unpaired) electrons. The van der Waals surface area contributed by atoms with E-state index in [-0.39, 0.29) is 17.9 Å². The summed E-state index contributed by atoms with van der Waals surface area (Å²) in [7, 11) is 0. The summed E-state index contributed by atoms with van der Waals surface area (Å²) < 4.78 is 5.46. The Hall–Kier alpha value is -2.95. The van der Waals surface area contributed by atoms with E-state index in [2.05, 4.69) is 29.2 Å². The maximum atomic E-state index is 13.3. The van der Waals surface area contributed by atoms with Crippen LogP contribution >= 0.6 is 0 Å². The van der Waals surface area contributed by atoms with Gasteiger partial charge in [0.1, 0.15) is 0 Å². The van der Waals surface area contributed by atoms with Crippen LogP contribution in [0.15, 0.2) is 65.2 Å². The fraction of sp³-hybridized carbons (Fsp3) is 0.375. The third-order valence-corrected chi connectivity index (χ3v) is 5.80. The molecule has 5 nitrogen and oxygen atoms in total. The molecule has 0 aliphatic heterocycles. The standard InChI is InChI=1S/C24H27N3O2/c1-18(19-10-4-2-5-11-19)27(24(28)21-14-8-9-15-21)17-16-22-25-23(26-29-22)20-12-6-3-7-13-20/h2-7,10-13,18,21H,8-9,14-17H2,1H3/t18-/m1/s1. The van der Waals surface area contributed by atoms with Gasteiger partial charge in [-0.1, -0.05) is 78.7 Å². The number of hydrogen-bond acceptors (Lipinski definition) is 4. The predicted octanol–water partition coefficient (Wildman–Crippen LogP) is 5.06. The molecule has 4 rings (SSSR count). The highest BCUT2D eigenvalue weighted by Gasteiger charge is 2.30. The molecule has 1 atom stereocenters. The number of aromatic nitrogens is 2. The minimum absolute atomic E-state index is 0.0146. The van der Waals surface area contributed by atoms with E-state index < -0.39 is 0 Å². The molecule has 1 heterocycles. The summed E-state index contributed by atoms with van der Waals surface area (Å²) in [5.41, 5.74) is 2.08. The van der Waals surface area contributed by atoms with Crippen molar-refractivity contribution < 1.29 is 9.32 Å². The van der Waals surface area contributed by atoms with Crippen LogP contribution in [0, 0.1) is 5.92 Å². The number of carbonyl (C=O) groups excluding carboxylic acids is 1. The Morgan fingerprint density at radius 3 is 2.41 bits per heavy atom. The molecular formula is C24H27N3O2. The van der Waals surface area contributed by atoms with Gasteiger partial charge < -0.3 is 9.42 Å². The molecule has 2 aromatic carbocycles. The topological polar surface area (TPSA) is 59.2 Å². The van der Waals surface area contributed by atoms with Crippen LogP contribution < -0.4 is 0 Å². The minimum atomic E-state index is 0.0146. The molecule has 0 N–H and O–H groups in total. The SMILES string of the molecule is C[C@H](c1ccccc1)N(CCc1nc(-c2ccccc2)no1)C(=O)C1CCCC1. The lowest BCUT2D eigenvalue weighted by Gasteiger charge is -2.31. The van der Waals surface area contributed by atoms with Crippen LogP contribution in [0.2, 0.25) is 0 Å². The smallest absolute Gasteiger partial charge is 0.228 e. The quantitative estimate of drug-likeness (QED) is 0.567. The summed E-state index contributed by atoms with van der Waals surface area (Å²) >= 11 is 0. The molecular weight excluding hydrogens is 362 g/mol. The van der Waals surface area contributed by atoms with Gasteiger partial charge in [0.25, 0.3) is 0 Å². The Morgan fingerprint density at radius 2 is 1.72 bits per heavy atom. The number of benzene rings is 2. The first-order valence-corrected chi connectivity index (χ1v) is 10.5. The van der Waals surface area contributed by atoms with E-state index in [0.717, 1.165) is 36.8 Å². The van der Waals surface area contributed by atoms with Crippen LogP contribution in [0.5, 0.6) is 0 Å². The largest absolute Gasteiger partial charge is 0.339 e. The van der Waals surface area contributed by atoms with Gasteiger partial charge >= 0.3 is 0 Å². The molecule has 29 heavy (non-hydrogen) atoms. The van der Waals surface area contributed by atoms with Gasteiger partial charge in [-0.25, -0.2) is 0 Å². The van der Waals surface area contributed by atoms with Crippen molar-refractivity contribution in [3.05, 3.63) is 72.1 Å². The van der Waals surface area contributed by atoms with Gasteiger partial charge in [0.15, 0.2) is 0 Å². The Balaban J connectivity index is 1.49. The molecule has 1 aliphatic carbocycles. The highest BCUT2D eigenvalue weighted by molar-refractivity contribution is 5.79. The fourth-order valence-electron chi connectivity index (χ4n) is 4.09. The zero-order valence-electron chi connectivity index (χ0n) is 16.8. The Bertz CT molecular complexity index is 918. The predicted molar refractivity (Wildman–Crippen MR) is 112 cm³/mol. The number of rotatable bonds is 7. The molecule has 0 unspecified atom stereocenters. The normalized spacial score (nSPS) is 15.3. The average Bonchev–Trinajstić information content (AvgIpc) is 3.47.